The molecule has 0 aliphatic carbocycles. The Morgan fingerprint density at radius 1 is 1.24 bits per heavy atom. The maximum atomic E-state index is 12.7. The summed E-state index contributed by atoms with van der Waals surface area (Å²) < 4.78 is 5.55. The van der Waals surface area contributed by atoms with Crippen molar-refractivity contribution in [2.24, 2.45) is 5.92 Å². The molecule has 3 aromatic rings. The van der Waals surface area contributed by atoms with Crippen LogP contribution in [-0.2, 0) is 11.2 Å². The monoisotopic (exact) mass is 429 g/mol. The minimum atomic E-state index is -0.309. The lowest BCUT2D eigenvalue weighted by Gasteiger charge is -2.31. The standard InChI is InChI=1S/C22H24ClN3O2S/c1-14-8-11-26(12-9-14)19-17-15(2)18(29-20(17)25-22(23)24-19)21(27)28-13-10-16-6-4-3-5-7-16/h3-7,14H,8-13H2,1-2H3. The third kappa shape index (κ3) is 4.38. The van der Waals surface area contributed by atoms with Gasteiger partial charge in [-0.05, 0) is 48.4 Å². The SMILES string of the molecule is Cc1c(C(=O)OCCc2ccccc2)sc2nc(Cl)nc(N3CCC(C)CC3)c12. The van der Waals surface area contributed by atoms with Crippen molar-refractivity contribution in [2.75, 3.05) is 24.6 Å². The van der Waals surface area contributed by atoms with Gasteiger partial charge in [0.05, 0.1) is 12.0 Å². The molecule has 0 amide bonds. The largest absolute Gasteiger partial charge is 0.461 e. The summed E-state index contributed by atoms with van der Waals surface area (Å²) >= 11 is 7.54. The topological polar surface area (TPSA) is 55.3 Å². The average molecular weight is 430 g/mol. The Balaban J connectivity index is 1.56. The van der Waals surface area contributed by atoms with Gasteiger partial charge >= 0.3 is 5.97 Å². The van der Waals surface area contributed by atoms with Gasteiger partial charge in [-0.15, -0.1) is 11.3 Å². The van der Waals surface area contributed by atoms with Crippen LogP contribution >= 0.6 is 22.9 Å². The molecule has 29 heavy (non-hydrogen) atoms. The zero-order valence-electron chi connectivity index (χ0n) is 16.7. The van der Waals surface area contributed by atoms with Crippen molar-refractivity contribution >= 4 is 44.9 Å². The summed E-state index contributed by atoms with van der Waals surface area (Å²) in [6, 6.07) is 10.0. The lowest BCUT2D eigenvalue weighted by molar-refractivity contribution is 0.0514. The number of thiophene rings is 1. The molecule has 0 bridgehead atoms. The number of fused-ring (bicyclic) bond motifs is 1. The predicted molar refractivity (Wildman–Crippen MR) is 118 cm³/mol. The maximum absolute atomic E-state index is 12.7. The molecule has 0 saturated carbocycles. The highest BCUT2D eigenvalue weighted by molar-refractivity contribution is 7.20. The van der Waals surface area contributed by atoms with Crippen LogP contribution in [0.25, 0.3) is 10.2 Å². The Labute approximate surface area is 179 Å². The fourth-order valence-electron chi connectivity index (χ4n) is 3.71. The highest BCUT2D eigenvalue weighted by Crippen LogP contribution is 2.37. The molecular weight excluding hydrogens is 406 g/mol. The van der Waals surface area contributed by atoms with Gasteiger partial charge in [0.1, 0.15) is 15.5 Å². The van der Waals surface area contributed by atoms with Crippen molar-refractivity contribution in [2.45, 2.75) is 33.1 Å². The number of carbonyl (C=O) groups excluding carboxylic acids is 1. The number of halogens is 1. The summed E-state index contributed by atoms with van der Waals surface area (Å²) in [5.74, 6) is 1.25. The number of benzene rings is 1. The first kappa shape index (κ1) is 20.1. The van der Waals surface area contributed by atoms with Gasteiger partial charge in [-0.25, -0.2) is 9.78 Å². The second kappa shape index (κ2) is 8.67. The Hall–Kier alpha value is -2.18. The van der Waals surface area contributed by atoms with Gasteiger partial charge in [-0.3, -0.25) is 0 Å². The first-order valence-corrected chi connectivity index (χ1v) is 11.1. The van der Waals surface area contributed by atoms with E-state index < -0.39 is 0 Å². The molecule has 152 valence electrons. The lowest BCUT2D eigenvalue weighted by atomic mass is 9.99. The van der Waals surface area contributed by atoms with Crippen molar-refractivity contribution in [1.82, 2.24) is 9.97 Å². The third-order valence-corrected chi connectivity index (χ3v) is 6.81. The predicted octanol–water partition coefficient (Wildman–Crippen LogP) is 5.29. The van der Waals surface area contributed by atoms with E-state index in [0.29, 0.717) is 17.9 Å². The molecular formula is C22H24ClN3O2S. The molecule has 2 aromatic heterocycles. The fraction of sp³-hybridized carbons (Fsp3) is 0.409. The number of hydrogen-bond donors (Lipinski definition) is 0. The van der Waals surface area contributed by atoms with E-state index in [1.807, 2.05) is 37.3 Å². The summed E-state index contributed by atoms with van der Waals surface area (Å²) in [6.07, 6.45) is 2.95. The Morgan fingerprint density at radius 3 is 2.69 bits per heavy atom. The molecule has 1 fully saturated rings. The first-order valence-electron chi connectivity index (χ1n) is 9.95. The van der Waals surface area contributed by atoms with Gasteiger partial charge < -0.3 is 9.64 Å². The maximum Gasteiger partial charge on any atom is 0.348 e. The van der Waals surface area contributed by atoms with E-state index in [-0.39, 0.29) is 11.3 Å². The quantitative estimate of drug-likeness (QED) is 0.407. The number of aromatic nitrogens is 2. The van der Waals surface area contributed by atoms with E-state index in [1.54, 1.807) is 0 Å². The van der Waals surface area contributed by atoms with Crippen LogP contribution in [0.2, 0.25) is 5.28 Å². The van der Waals surface area contributed by atoms with Gasteiger partial charge in [0.25, 0.3) is 0 Å². The van der Waals surface area contributed by atoms with E-state index in [9.17, 15) is 4.79 Å². The van der Waals surface area contributed by atoms with Gasteiger partial charge in [0, 0.05) is 19.5 Å². The zero-order valence-corrected chi connectivity index (χ0v) is 18.2. The van der Waals surface area contributed by atoms with Crippen LogP contribution in [0.4, 0.5) is 5.82 Å². The number of ether oxygens (including phenoxy) is 1. The number of esters is 1. The van der Waals surface area contributed by atoms with Gasteiger partial charge in [0.2, 0.25) is 5.28 Å². The normalized spacial score (nSPS) is 15.1. The van der Waals surface area contributed by atoms with Crippen molar-refractivity contribution in [3.8, 4) is 0 Å². The van der Waals surface area contributed by atoms with Crippen LogP contribution < -0.4 is 4.90 Å². The van der Waals surface area contributed by atoms with Gasteiger partial charge in [0.15, 0.2) is 0 Å². The summed E-state index contributed by atoms with van der Waals surface area (Å²) in [4.78, 5) is 25.2. The van der Waals surface area contributed by atoms with Crippen molar-refractivity contribution in [3.63, 3.8) is 0 Å². The van der Waals surface area contributed by atoms with E-state index in [4.69, 9.17) is 16.3 Å². The number of rotatable bonds is 5. The van der Waals surface area contributed by atoms with Crippen LogP contribution in [0.15, 0.2) is 30.3 Å². The summed E-state index contributed by atoms with van der Waals surface area (Å²) in [7, 11) is 0. The third-order valence-electron chi connectivity index (χ3n) is 5.48. The number of anilines is 1. The number of piperidine rings is 1. The molecule has 0 spiro atoms. The van der Waals surface area contributed by atoms with E-state index in [1.165, 1.54) is 11.3 Å². The lowest BCUT2D eigenvalue weighted by Crippen LogP contribution is -2.33. The highest BCUT2D eigenvalue weighted by Gasteiger charge is 2.25. The fourth-order valence-corrected chi connectivity index (χ4v) is 4.99. The molecule has 7 heteroatoms. The smallest absolute Gasteiger partial charge is 0.348 e. The second-order valence-electron chi connectivity index (χ2n) is 7.59. The minimum Gasteiger partial charge on any atom is -0.461 e. The molecule has 0 unspecified atom stereocenters. The molecule has 1 aliphatic rings. The van der Waals surface area contributed by atoms with Crippen LogP contribution in [0, 0.1) is 12.8 Å². The van der Waals surface area contributed by atoms with Crippen molar-refractivity contribution in [1.29, 1.82) is 0 Å². The Bertz CT molecular complexity index is 1010. The van der Waals surface area contributed by atoms with E-state index >= 15 is 0 Å². The Morgan fingerprint density at radius 2 is 1.97 bits per heavy atom. The van der Waals surface area contributed by atoms with Crippen molar-refractivity contribution in [3.05, 3.63) is 51.6 Å². The van der Waals surface area contributed by atoms with Crippen LogP contribution in [0.3, 0.4) is 0 Å². The summed E-state index contributed by atoms with van der Waals surface area (Å²) in [6.45, 7) is 6.45. The minimum absolute atomic E-state index is 0.219. The molecule has 1 aromatic carbocycles. The second-order valence-corrected chi connectivity index (χ2v) is 8.93. The molecule has 4 rings (SSSR count). The van der Waals surface area contributed by atoms with Crippen LogP contribution in [0.5, 0.6) is 0 Å². The highest BCUT2D eigenvalue weighted by atomic mass is 35.5. The number of aryl methyl sites for hydroxylation is 1. The molecule has 0 atom stereocenters. The van der Waals surface area contributed by atoms with Gasteiger partial charge in [-0.1, -0.05) is 37.3 Å². The number of carbonyl (C=O) groups is 1. The van der Waals surface area contributed by atoms with Crippen LogP contribution in [-0.4, -0.2) is 35.6 Å². The molecule has 0 radical (unpaired) electrons. The number of hydrogen-bond acceptors (Lipinski definition) is 6. The average Bonchev–Trinajstić information content (AvgIpc) is 3.05. The van der Waals surface area contributed by atoms with Crippen LogP contribution in [0.1, 0.15) is 40.6 Å². The molecule has 1 saturated heterocycles. The molecule has 5 nitrogen and oxygen atoms in total. The van der Waals surface area contributed by atoms with E-state index in [0.717, 1.165) is 59.0 Å². The first-order chi connectivity index (χ1) is 14.0. The van der Waals surface area contributed by atoms with Gasteiger partial charge in [-0.2, -0.15) is 4.98 Å². The summed E-state index contributed by atoms with van der Waals surface area (Å²) in [5.41, 5.74) is 2.02. The zero-order chi connectivity index (χ0) is 20.4. The molecule has 0 N–H and O–H groups in total. The summed E-state index contributed by atoms with van der Waals surface area (Å²) in [5, 5.41) is 1.14. The Kier molecular flexibility index (Phi) is 6.01. The van der Waals surface area contributed by atoms with Crippen molar-refractivity contribution < 1.29 is 9.53 Å². The number of nitrogens with zero attached hydrogens (tertiary/aromatic N) is 3. The molecule has 1 aliphatic heterocycles. The van der Waals surface area contributed by atoms with E-state index in [2.05, 4.69) is 21.8 Å². The molecule has 3 heterocycles.